The van der Waals surface area contributed by atoms with Crippen molar-refractivity contribution in [2.24, 2.45) is 0 Å². The van der Waals surface area contributed by atoms with Crippen molar-refractivity contribution >= 4 is 14.4 Å². The summed E-state index contributed by atoms with van der Waals surface area (Å²) < 4.78 is 65.2. The highest BCUT2D eigenvalue weighted by Gasteiger charge is 2.70. The van der Waals surface area contributed by atoms with Gasteiger partial charge in [0, 0.05) is 5.56 Å². The van der Waals surface area contributed by atoms with Crippen LogP contribution in [-0.2, 0) is 20.5 Å². The van der Waals surface area contributed by atoms with Gasteiger partial charge in [-0.15, -0.1) is 0 Å². The highest BCUT2D eigenvalue weighted by Crippen LogP contribution is 2.51. The van der Waals surface area contributed by atoms with Gasteiger partial charge in [0.15, 0.2) is 14.5 Å². The molecule has 0 aromatic heterocycles. The Kier molecular flexibility index (Phi) is 7.11. The molecule has 1 amide bonds. The second kappa shape index (κ2) is 9.36. The quantitative estimate of drug-likeness (QED) is 0.482. The van der Waals surface area contributed by atoms with Crippen LogP contribution in [0, 0.1) is 0 Å². The van der Waals surface area contributed by atoms with E-state index >= 15 is 0 Å². The Balaban J connectivity index is 2.00. The van der Waals surface area contributed by atoms with Crippen LogP contribution in [0.1, 0.15) is 24.3 Å². The number of nitrogens with zero attached hydrogens (tertiary/aromatic N) is 1. The zero-order chi connectivity index (χ0) is 24.4. The highest BCUT2D eigenvalue weighted by molar-refractivity contribution is 6.69. The van der Waals surface area contributed by atoms with Crippen LogP contribution in [0.25, 0.3) is 0 Å². The van der Waals surface area contributed by atoms with Gasteiger partial charge in [-0.05, 0) is 44.3 Å². The number of hydrogen-bond donors (Lipinski definition) is 0. The first-order valence-corrected chi connectivity index (χ1v) is 13.9. The second-order valence-electron chi connectivity index (χ2n) is 8.75. The van der Waals surface area contributed by atoms with Gasteiger partial charge in [0.25, 0.3) is 5.79 Å². The van der Waals surface area contributed by atoms with E-state index in [-0.39, 0.29) is 6.61 Å². The fourth-order valence-electron chi connectivity index (χ4n) is 3.68. The van der Waals surface area contributed by atoms with Crippen LogP contribution < -0.4 is 4.74 Å². The zero-order valence-electron chi connectivity index (χ0n) is 19.2. The summed E-state index contributed by atoms with van der Waals surface area (Å²) in [5.41, 5.74) is 1.05. The molecular weight excluding hydrogens is 455 g/mol. The Bertz CT molecular complexity index is 949. The van der Waals surface area contributed by atoms with Crippen molar-refractivity contribution in [3.05, 3.63) is 65.7 Å². The summed E-state index contributed by atoms with van der Waals surface area (Å²) in [6.45, 7) is 6.08. The molecule has 0 N–H and O–H groups in total. The smallest absolute Gasteiger partial charge is 0.444 e. The molecule has 3 rings (SSSR count). The third kappa shape index (κ3) is 5.34. The molecule has 1 aliphatic rings. The SMILES string of the molecule is COc1ccc([C@@H]2O[C@@](O[Si](C)(C)C)(C(F)(F)F)[C@@H](C)N2C(=O)OCc2ccccc2)cc1. The maximum Gasteiger partial charge on any atom is 0.444 e. The lowest BCUT2D eigenvalue weighted by molar-refractivity contribution is -0.352. The summed E-state index contributed by atoms with van der Waals surface area (Å²) in [5, 5.41) is 0. The molecule has 0 unspecified atom stereocenters. The van der Waals surface area contributed by atoms with E-state index in [2.05, 4.69) is 0 Å². The summed E-state index contributed by atoms with van der Waals surface area (Å²) in [4.78, 5) is 14.1. The minimum Gasteiger partial charge on any atom is -0.497 e. The summed E-state index contributed by atoms with van der Waals surface area (Å²) >= 11 is 0. The van der Waals surface area contributed by atoms with E-state index in [1.807, 2.05) is 6.07 Å². The number of alkyl halides is 3. The van der Waals surface area contributed by atoms with Crippen molar-refractivity contribution in [1.29, 1.82) is 0 Å². The number of amides is 1. The molecule has 0 bridgehead atoms. The van der Waals surface area contributed by atoms with E-state index in [4.69, 9.17) is 18.6 Å². The van der Waals surface area contributed by atoms with Gasteiger partial charge < -0.3 is 18.6 Å². The molecule has 1 aliphatic heterocycles. The predicted molar refractivity (Wildman–Crippen MR) is 118 cm³/mol. The number of halogens is 3. The molecule has 1 fully saturated rings. The van der Waals surface area contributed by atoms with Crippen LogP contribution in [0.3, 0.4) is 0 Å². The predicted octanol–water partition coefficient (Wildman–Crippen LogP) is 5.86. The number of hydrogen-bond acceptors (Lipinski definition) is 5. The Hall–Kier alpha value is -2.56. The normalized spacial score (nSPS) is 23.5. The van der Waals surface area contributed by atoms with E-state index in [9.17, 15) is 18.0 Å². The molecule has 2 aromatic rings. The first-order chi connectivity index (χ1) is 15.4. The maximum atomic E-state index is 14.5. The summed E-state index contributed by atoms with van der Waals surface area (Å²) in [7, 11) is -1.29. The molecule has 180 valence electrons. The van der Waals surface area contributed by atoms with Gasteiger partial charge in [-0.3, -0.25) is 4.90 Å². The number of carbonyl (C=O) groups is 1. The van der Waals surface area contributed by atoms with Crippen molar-refractivity contribution in [3.8, 4) is 5.75 Å². The molecule has 3 atom stereocenters. The van der Waals surface area contributed by atoms with Crippen LogP contribution in [0.2, 0.25) is 19.6 Å². The van der Waals surface area contributed by atoms with E-state index in [0.717, 1.165) is 4.90 Å². The largest absolute Gasteiger partial charge is 0.497 e. The van der Waals surface area contributed by atoms with Crippen LogP contribution in [-0.4, -0.2) is 44.4 Å². The topological polar surface area (TPSA) is 57.2 Å². The maximum absolute atomic E-state index is 14.5. The van der Waals surface area contributed by atoms with Crippen LogP contribution in [0.4, 0.5) is 18.0 Å². The van der Waals surface area contributed by atoms with Gasteiger partial charge in [-0.25, -0.2) is 4.79 Å². The highest BCUT2D eigenvalue weighted by atomic mass is 28.4. The summed E-state index contributed by atoms with van der Waals surface area (Å²) in [6.07, 6.45) is -7.20. The first-order valence-electron chi connectivity index (χ1n) is 10.5. The molecule has 0 radical (unpaired) electrons. The molecule has 0 aliphatic carbocycles. The third-order valence-electron chi connectivity index (χ3n) is 5.18. The zero-order valence-corrected chi connectivity index (χ0v) is 20.2. The number of rotatable bonds is 6. The molecule has 0 saturated carbocycles. The van der Waals surface area contributed by atoms with Gasteiger partial charge in [-0.2, -0.15) is 13.2 Å². The Morgan fingerprint density at radius 2 is 1.70 bits per heavy atom. The Labute approximate surface area is 192 Å². The lowest BCUT2D eigenvalue weighted by Crippen LogP contribution is -2.60. The summed E-state index contributed by atoms with van der Waals surface area (Å²) in [6, 6.07) is 13.7. The first kappa shape index (κ1) is 25.1. The molecule has 1 saturated heterocycles. The van der Waals surface area contributed by atoms with Crippen LogP contribution in [0.15, 0.2) is 54.6 Å². The minimum absolute atomic E-state index is 0.0911. The molecule has 10 heteroatoms. The lowest BCUT2D eigenvalue weighted by Gasteiger charge is -2.39. The minimum atomic E-state index is -4.90. The number of methoxy groups -OCH3 is 1. The van der Waals surface area contributed by atoms with E-state index in [1.165, 1.54) is 14.0 Å². The average Bonchev–Trinajstić information content (AvgIpc) is 3.04. The Morgan fingerprint density at radius 3 is 2.21 bits per heavy atom. The fourth-order valence-corrected chi connectivity index (χ4v) is 4.92. The van der Waals surface area contributed by atoms with E-state index < -0.39 is 38.6 Å². The van der Waals surface area contributed by atoms with Crippen LogP contribution >= 0.6 is 0 Å². The van der Waals surface area contributed by atoms with Gasteiger partial charge >= 0.3 is 12.3 Å². The standard InChI is InChI=1S/C23H28F3NO5Si/c1-16-22(23(24,25)26,32-33(3,4)5)31-20(18-11-13-19(29-2)14-12-18)27(16)21(28)30-15-17-9-7-6-8-10-17/h6-14,16,20H,15H2,1-5H3/t16-,20+,22+/m1/s1. The van der Waals surface area contributed by atoms with Crippen LogP contribution in [0.5, 0.6) is 5.75 Å². The molecule has 1 heterocycles. The fraction of sp³-hybridized carbons (Fsp3) is 0.435. The van der Waals surface area contributed by atoms with Crippen molar-refractivity contribution in [1.82, 2.24) is 4.90 Å². The van der Waals surface area contributed by atoms with Crippen molar-refractivity contribution in [2.75, 3.05) is 7.11 Å². The molecule has 6 nitrogen and oxygen atoms in total. The van der Waals surface area contributed by atoms with E-state index in [1.54, 1.807) is 68.2 Å². The molecular formula is C23H28F3NO5Si. The van der Waals surface area contributed by atoms with Gasteiger partial charge in [0.2, 0.25) is 0 Å². The number of benzene rings is 2. The van der Waals surface area contributed by atoms with Crippen molar-refractivity contribution in [3.63, 3.8) is 0 Å². The van der Waals surface area contributed by atoms with Gasteiger partial charge in [0.1, 0.15) is 12.4 Å². The van der Waals surface area contributed by atoms with Crippen molar-refractivity contribution in [2.45, 2.75) is 57.4 Å². The third-order valence-corrected chi connectivity index (χ3v) is 6.09. The Morgan fingerprint density at radius 1 is 1.09 bits per heavy atom. The number of carbonyl (C=O) groups excluding carboxylic acids is 1. The molecule has 2 aromatic carbocycles. The molecule has 33 heavy (non-hydrogen) atoms. The summed E-state index contributed by atoms with van der Waals surface area (Å²) in [5.74, 6) is -2.48. The average molecular weight is 484 g/mol. The lowest BCUT2D eigenvalue weighted by atomic mass is 10.1. The molecule has 0 spiro atoms. The monoisotopic (exact) mass is 483 g/mol. The number of ether oxygens (including phenoxy) is 3. The van der Waals surface area contributed by atoms with Gasteiger partial charge in [0.05, 0.1) is 13.2 Å². The van der Waals surface area contributed by atoms with Gasteiger partial charge in [-0.1, -0.05) is 42.5 Å². The van der Waals surface area contributed by atoms with E-state index in [0.29, 0.717) is 16.9 Å². The van der Waals surface area contributed by atoms with Crippen molar-refractivity contribution < 1.29 is 36.6 Å². The second-order valence-corrected chi connectivity index (χ2v) is 13.2.